The van der Waals surface area contributed by atoms with Gasteiger partial charge in [-0.2, -0.15) is 0 Å². The van der Waals surface area contributed by atoms with Gasteiger partial charge in [0.1, 0.15) is 0 Å². The molecule has 0 radical (unpaired) electrons. The molecule has 0 aromatic heterocycles. The van der Waals surface area contributed by atoms with Gasteiger partial charge in [-0.25, -0.2) is 5.84 Å². The van der Waals surface area contributed by atoms with Crippen molar-refractivity contribution in [1.82, 2.24) is 5.43 Å². The Bertz CT molecular complexity index is 379. The average molecular weight is 249 g/mol. The van der Waals surface area contributed by atoms with E-state index in [0.29, 0.717) is 6.42 Å². The first-order chi connectivity index (χ1) is 8.67. The smallest absolute Gasteiger partial charge is 0.233 e. The van der Waals surface area contributed by atoms with Gasteiger partial charge in [-0.05, 0) is 44.4 Å². The number of carbonyl (C=O) groups excluding carboxylic acids is 1. The number of nitrogens with one attached hydrogen (secondary N) is 1. The van der Waals surface area contributed by atoms with E-state index in [1.54, 1.807) is 0 Å². The fraction of sp³-hybridized carbons (Fsp3) is 0.500. The number of rotatable bonds is 7. The Morgan fingerprint density at radius 1 is 1.39 bits per heavy atom. The molecule has 0 saturated carbocycles. The fourth-order valence-electron chi connectivity index (χ4n) is 1.95. The van der Waals surface area contributed by atoms with Gasteiger partial charge in [-0.15, -0.1) is 0 Å². The van der Waals surface area contributed by atoms with Crippen LogP contribution in [0.4, 0.5) is 5.69 Å². The summed E-state index contributed by atoms with van der Waals surface area (Å²) in [4.78, 5) is 13.3. The monoisotopic (exact) mass is 249 g/mol. The van der Waals surface area contributed by atoms with Crippen molar-refractivity contribution in [3.63, 3.8) is 0 Å². The number of anilines is 1. The minimum Gasteiger partial charge on any atom is -0.372 e. The van der Waals surface area contributed by atoms with Gasteiger partial charge in [-0.1, -0.05) is 12.1 Å². The van der Waals surface area contributed by atoms with Crippen molar-refractivity contribution in [3.8, 4) is 0 Å². The van der Waals surface area contributed by atoms with Crippen LogP contribution in [0.15, 0.2) is 24.3 Å². The summed E-state index contributed by atoms with van der Waals surface area (Å²) in [6.45, 7) is 6.20. The molecule has 18 heavy (non-hydrogen) atoms. The highest BCUT2D eigenvalue weighted by atomic mass is 16.2. The standard InChI is InChI=1S/C14H23N3O/c1-3-17(10-5-4-9-14(18)16-15)13-8-6-7-12(2)11-13/h6-8,11H,3-5,9-10,15H2,1-2H3,(H,16,18). The second-order valence-electron chi connectivity index (χ2n) is 4.44. The van der Waals surface area contributed by atoms with Crippen LogP contribution >= 0.6 is 0 Å². The van der Waals surface area contributed by atoms with E-state index in [1.165, 1.54) is 11.3 Å². The highest BCUT2D eigenvalue weighted by Gasteiger charge is 2.04. The molecule has 4 heteroatoms. The van der Waals surface area contributed by atoms with Gasteiger partial charge in [-0.3, -0.25) is 10.2 Å². The molecule has 0 aliphatic carbocycles. The largest absolute Gasteiger partial charge is 0.372 e. The first kappa shape index (κ1) is 14.5. The molecule has 0 aliphatic heterocycles. The van der Waals surface area contributed by atoms with E-state index in [2.05, 4.69) is 48.4 Å². The number of unbranched alkanes of at least 4 members (excludes halogenated alkanes) is 1. The van der Waals surface area contributed by atoms with Gasteiger partial charge >= 0.3 is 0 Å². The summed E-state index contributed by atoms with van der Waals surface area (Å²) in [5.41, 5.74) is 4.68. The zero-order valence-corrected chi connectivity index (χ0v) is 11.3. The van der Waals surface area contributed by atoms with Crippen LogP contribution in [0.3, 0.4) is 0 Å². The third-order valence-corrected chi connectivity index (χ3v) is 2.99. The Labute approximate surface area is 109 Å². The zero-order chi connectivity index (χ0) is 13.4. The Hall–Kier alpha value is -1.55. The van der Waals surface area contributed by atoms with Crippen LogP contribution in [-0.2, 0) is 4.79 Å². The first-order valence-corrected chi connectivity index (χ1v) is 6.48. The molecule has 100 valence electrons. The summed E-state index contributed by atoms with van der Waals surface area (Å²) < 4.78 is 0. The van der Waals surface area contributed by atoms with Crippen molar-refractivity contribution in [2.24, 2.45) is 5.84 Å². The lowest BCUT2D eigenvalue weighted by molar-refractivity contribution is -0.121. The average Bonchev–Trinajstić information content (AvgIpc) is 2.38. The van der Waals surface area contributed by atoms with Crippen LogP contribution in [0.1, 0.15) is 31.7 Å². The molecule has 1 amide bonds. The highest BCUT2D eigenvalue weighted by Crippen LogP contribution is 2.16. The topological polar surface area (TPSA) is 58.4 Å². The number of carbonyl (C=O) groups is 1. The molecule has 0 bridgehead atoms. The Kier molecular flexibility index (Phi) is 6.22. The molecule has 0 fully saturated rings. The predicted octanol–water partition coefficient (Wildman–Crippen LogP) is 1.98. The molecule has 1 aromatic carbocycles. The summed E-state index contributed by atoms with van der Waals surface area (Å²) in [6.07, 6.45) is 2.36. The van der Waals surface area contributed by atoms with Crippen LogP contribution in [-0.4, -0.2) is 19.0 Å². The summed E-state index contributed by atoms with van der Waals surface area (Å²) in [5, 5.41) is 0. The maximum absolute atomic E-state index is 11.0. The molecular weight excluding hydrogens is 226 g/mol. The molecule has 0 spiro atoms. The number of amides is 1. The number of hydrogen-bond acceptors (Lipinski definition) is 3. The maximum atomic E-state index is 11.0. The lowest BCUT2D eigenvalue weighted by atomic mass is 10.2. The van der Waals surface area contributed by atoms with Gasteiger partial charge < -0.3 is 4.90 Å². The highest BCUT2D eigenvalue weighted by molar-refractivity contribution is 5.75. The van der Waals surface area contributed by atoms with Gasteiger partial charge in [0, 0.05) is 25.2 Å². The molecule has 0 saturated heterocycles. The van der Waals surface area contributed by atoms with E-state index in [-0.39, 0.29) is 5.91 Å². The van der Waals surface area contributed by atoms with E-state index < -0.39 is 0 Å². The summed E-state index contributed by atoms with van der Waals surface area (Å²) in [5.74, 6) is 4.95. The third kappa shape index (κ3) is 4.75. The minimum absolute atomic E-state index is 0.0893. The normalized spacial score (nSPS) is 10.2. The van der Waals surface area contributed by atoms with Crippen molar-refractivity contribution in [3.05, 3.63) is 29.8 Å². The van der Waals surface area contributed by atoms with Crippen molar-refractivity contribution >= 4 is 11.6 Å². The first-order valence-electron chi connectivity index (χ1n) is 6.48. The molecule has 1 rings (SSSR count). The van der Waals surface area contributed by atoms with Crippen LogP contribution < -0.4 is 16.2 Å². The molecule has 0 unspecified atom stereocenters. The van der Waals surface area contributed by atoms with Crippen molar-refractivity contribution in [2.75, 3.05) is 18.0 Å². The quantitative estimate of drug-likeness (QED) is 0.336. The molecule has 3 N–H and O–H groups in total. The van der Waals surface area contributed by atoms with Crippen LogP contribution in [0.5, 0.6) is 0 Å². The molecule has 1 aromatic rings. The summed E-state index contributed by atoms with van der Waals surface area (Å²) >= 11 is 0. The van der Waals surface area contributed by atoms with E-state index in [1.807, 2.05) is 0 Å². The molecule has 0 heterocycles. The number of nitrogens with zero attached hydrogens (tertiary/aromatic N) is 1. The van der Waals surface area contributed by atoms with Crippen LogP contribution in [0.2, 0.25) is 0 Å². The molecule has 4 nitrogen and oxygen atoms in total. The van der Waals surface area contributed by atoms with Gasteiger partial charge in [0.15, 0.2) is 0 Å². The van der Waals surface area contributed by atoms with Gasteiger partial charge in [0.05, 0.1) is 0 Å². The maximum Gasteiger partial charge on any atom is 0.233 e. The van der Waals surface area contributed by atoms with E-state index in [4.69, 9.17) is 5.84 Å². The summed E-state index contributed by atoms with van der Waals surface area (Å²) in [6, 6.07) is 8.50. The van der Waals surface area contributed by atoms with Crippen LogP contribution in [0.25, 0.3) is 0 Å². The predicted molar refractivity (Wildman–Crippen MR) is 75.2 cm³/mol. The van der Waals surface area contributed by atoms with Crippen LogP contribution in [0, 0.1) is 6.92 Å². The van der Waals surface area contributed by atoms with Crippen molar-refractivity contribution < 1.29 is 4.79 Å². The van der Waals surface area contributed by atoms with Gasteiger partial charge in [0.2, 0.25) is 5.91 Å². The van der Waals surface area contributed by atoms with E-state index in [0.717, 1.165) is 25.9 Å². The number of nitrogens with two attached hydrogens (primary N) is 1. The molecular formula is C14H23N3O. The second kappa shape index (κ2) is 7.71. The second-order valence-corrected chi connectivity index (χ2v) is 4.44. The molecule has 0 aliphatic rings. The number of hydrazine groups is 1. The zero-order valence-electron chi connectivity index (χ0n) is 11.3. The number of benzene rings is 1. The lowest BCUT2D eigenvalue weighted by Gasteiger charge is -2.23. The molecule has 0 atom stereocenters. The fourth-order valence-corrected chi connectivity index (χ4v) is 1.95. The number of aryl methyl sites for hydroxylation is 1. The summed E-state index contributed by atoms with van der Waals surface area (Å²) in [7, 11) is 0. The van der Waals surface area contributed by atoms with E-state index >= 15 is 0 Å². The minimum atomic E-state index is -0.0893. The third-order valence-electron chi connectivity index (χ3n) is 2.99. The Morgan fingerprint density at radius 2 is 2.17 bits per heavy atom. The van der Waals surface area contributed by atoms with Crippen molar-refractivity contribution in [1.29, 1.82) is 0 Å². The SMILES string of the molecule is CCN(CCCCC(=O)NN)c1cccc(C)c1. The Balaban J connectivity index is 2.40. The number of hydrogen-bond donors (Lipinski definition) is 2. The van der Waals surface area contributed by atoms with E-state index in [9.17, 15) is 4.79 Å². The Morgan fingerprint density at radius 3 is 2.78 bits per heavy atom. The van der Waals surface area contributed by atoms with Crippen molar-refractivity contribution in [2.45, 2.75) is 33.1 Å². The lowest BCUT2D eigenvalue weighted by Crippen LogP contribution is -2.30. The van der Waals surface area contributed by atoms with Gasteiger partial charge in [0.25, 0.3) is 0 Å².